The Bertz CT molecular complexity index is 527. The third kappa shape index (κ3) is 3.22. The van der Waals surface area contributed by atoms with Gasteiger partial charge >= 0.3 is 0 Å². The van der Waals surface area contributed by atoms with Crippen molar-refractivity contribution < 1.29 is 8.42 Å². The maximum absolute atomic E-state index is 12.0. The zero-order valence-electron chi connectivity index (χ0n) is 9.84. The van der Waals surface area contributed by atoms with E-state index in [1.54, 1.807) is 6.92 Å². The van der Waals surface area contributed by atoms with Crippen molar-refractivity contribution in [1.29, 1.82) is 0 Å². The van der Waals surface area contributed by atoms with Crippen LogP contribution in [0.2, 0.25) is 0 Å². The lowest BCUT2D eigenvalue weighted by atomic mass is 10.3. The highest BCUT2D eigenvalue weighted by Gasteiger charge is 2.22. The average Bonchev–Trinajstić information content (AvgIpc) is 2.60. The molecular weight excluding hydrogens is 240 g/mol. The molecule has 1 unspecified atom stereocenters. The lowest BCUT2D eigenvalue weighted by Crippen LogP contribution is -2.32. The standard InChI is InChI=1S/C10H16N4O2S/c1-4-6-8(3)13-17(15,16)9-7-14(5-2)12-10(9)11/h1,7-8,13H,5-6H2,2-3H3,(H2,11,12). The van der Waals surface area contributed by atoms with E-state index in [1.165, 1.54) is 10.9 Å². The number of hydrogen-bond donors (Lipinski definition) is 2. The summed E-state index contributed by atoms with van der Waals surface area (Å²) in [6.07, 6.45) is 6.84. The second-order valence-corrected chi connectivity index (χ2v) is 5.35. The number of sulfonamides is 1. The second-order valence-electron chi connectivity index (χ2n) is 3.66. The molecular formula is C10H16N4O2S. The fourth-order valence-electron chi connectivity index (χ4n) is 1.33. The zero-order chi connectivity index (χ0) is 13.1. The number of nitrogens with two attached hydrogens (primary N) is 1. The molecule has 0 saturated heterocycles. The molecule has 17 heavy (non-hydrogen) atoms. The van der Waals surface area contributed by atoms with Crippen molar-refractivity contribution in [2.45, 2.75) is 37.8 Å². The normalized spacial score (nSPS) is 13.2. The van der Waals surface area contributed by atoms with Gasteiger partial charge in [-0.25, -0.2) is 13.1 Å². The number of terminal acetylenes is 1. The molecule has 0 aliphatic rings. The highest BCUT2D eigenvalue weighted by atomic mass is 32.2. The lowest BCUT2D eigenvalue weighted by Gasteiger charge is -2.10. The van der Waals surface area contributed by atoms with Gasteiger partial charge in [0.15, 0.2) is 5.82 Å². The van der Waals surface area contributed by atoms with Gasteiger partial charge in [-0.2, -0.15) is 5.10 Å². The van der Waals surface area contributed by atoms with E-state index in [0.29, 0.717) is 13.0 Å². The smallest absolute Gasteiger partial charge is 0.246 e. The van der Waals surface area contributed by atoms with Gasteiger partial charge in [0.05, 0.1) is 0 Å². The monoisotopic (exact) mass is 256 g/mol. The van der Waals surface area contributed by atoms with Crippen LogP contribution in [0.15, 0.2) is 11.1 Å². The Kier molecular flexibility index (Phi) is 4.15. The van der Waals surface area contributed by atoms with Crippen molar-refractivity contribution in [3.8, 4) is 12.3 Å². The van der Waals surface area contributed by atoms with Crippen LogP contribution >= 0.6 is 0 Å². The Labute approximate surface area is 101 Å². The van der Waals surface area contributed by atoms with Gasteiger partial charge in [-0.3, -0.25) is 4.68 Å². The molecule has 1 rings (SSSR count). The Balaban J connectivity index is 2.97. The first-order chi connectivity index (χ1) is 7.90. The number of nitrogens with zero attached hydrogens (tertiary/aromatic N) is 2. The highest BCUT2D eigenvalue weighted by Crippen LogP contribution is 2.16. The molecule has 0 saturated carbocycles. The minimum atomic E-state index is -3.66. The zero-order valence-corrected chi connectivity index (χ0v) is 10.7. The molecule has 1 aromatic heterocycles. The molecule has 0 spiro atoms. The molecule has 94 valence electrons. The van der Waals surface area contributed by atoms with Gasteiger partial charge in [0.2, 0.25) is 10.0 Å². The molecule has 0 aliphatic heterocycles. The third-order valence-electron chi connectivity index (χ3n) is 2.15. The van der Waals surface area contributed by atoms with Crippen LogP contribution in [0.25, 0.3) is 0 Å². The summed E-state index contributed by atoms with van der Waals surface area (Å²) in [4.78, 5) is -0.0109. The first-order valence-corrected chi connectivity index (χ1v) is 6.67. The van der Waals surface area contributed by atoms with Crippen LogP contribution in [-0.2, 0) is 16.6 Å². The van der Waals surface area contributed by atoms with Crippen molar-refractivity contribution in [3.63, 3.8) is 0 Å². The molecule has 1 atom stereocenters. The van der Waals surface area contributed by atoms with E-state index in [-0.39, 0.29) is 16.8 Å². The second kappa shape index (κ2) is 5.21. The fraction of sp³-hybridized carbons (Fsp3) is 0.500. The minimum absolute atomic E-state index is 0.00717. The lowest BCUT2D eigenvalue weighted by molar-refractivity contribution is 0.563. The maximum Gasteiger partial charge on any atom is 0.246 e. The van der Waals surface area contributed by atoms with Gasteiger partial charge in [-0.05, 0) is 13.8 Å². The summed E-state index contributed by atoms with van der Waals surface area (Å²) in [5, 5.41) is 3.88. The summed E-state index contributed by atoms with van der Waals surface area (Å²) in [5.74, 6) is 2.39. The number of hydrogen-bond acceptors (Lipinski definition) is 4. The minimum Gasteiger partial charge on any atom is -0.381 e. The van der Waals surface area contributed by atoms with Crippen LogP contribution in [0.3, 0.4) is 0 Å². The van der Waals surface area contributed by atoms with Gasteiger partial charge in [0.25, 0.3) is 0 Å². The van der Waals surface area contributed by atoms with Crippen LogP contribution in [0.1, 0.15) is 20.3 Å². The van der Waals surface area contributed by atoms with E-state index in [4.69, 9.17) is 12.2 Å². The summed E-state index contributed by atoms with van der Waals surface area (Å²) in [5.41, 5.74) is 5.56. The molecule has 0 amide bonds. The number of rotatable bonds is 5. The Morgan fingerprint density at radius 3 is 2.82 bits per heavy atom. The van der Waals surface area contributed by atoms with Gasteiger partial charge < -0.3 is 5.73 Å². The SMILES string of the molecule is C#CCC(C)NS(=O)(=O)c1cn(CC)nc1N. The molecule has 7 heteroatoms. The van der Waals surface area contributed by atoms with Crippen molar-refractivity contribution in [3.05, 3.63) is 6.20 Å². The van der Waals surface area contributed by atoms with E-state index >= 15 is 0 Å². The molecule has 0 aliphatic carbocycles. The quantitative estimate of drug-likeness (QED) is 0.735. The number of anilines is 1. The predicted molar refractivity (Wildman–Crippen MR) is 65.5 cm³/mol. The number of aryl methyl sites for hydroxylation is 1. The van der Waals surface area contributed by atoms with Gasteiger partial charge in [-0.15, -0.1) is 12.3 Å². The summed E-state index contributed by atoms with van der Waals surface area (Å²) >= 11 is 0. The summed E-state index contributed by atoms with van der Waals surface area (Å²) in [6.45, 7) is 4.09. The van der Waals surface area contributed by atoms with Crippen LogP contribution in [0.5, 0.6) is 0 Å². The Morgan fingerprint density at radius 1 is 1.71 bits per heavy atom. The molecule has 3 N–H and O–H groups in total. The van der Waals surface area contributed by atoms with Crippen LogP contribution in [-0.4, -0.2) is 24.2 Å². The molecule has 1 heterocycles. The van der Waals surface area contributed by atoms with Gasteiger partial charge in [0, 0.05) is 25.2 Å². The third-order valence-corrected chi connectivity index (χ3v) is 3.76. The molecule has 0 bridgehead atoms. The van der Waals surface area contributed by atoms with Crippen LogP contribution < -0.4 is 10.5 Å². The molecule has 6 nitrogen and oxygen atoms in total. The van der Waals surface area contributed by atoms with Crippen molar-refractivity contribution in [1.82, 2.24) is 14.5 Å². The summed E-state index contributed by atoms with van der Waals surface area (Å²) < 4.78 is 27.8. The number of aromatic nitrogens is 2. The van der Waals surface area contributed by atoms with Gasteiger partial charge in [0.1, 0.15) is 4.90 Å². The van der Waals surface area contributed by atoms with Crippen LogP contribution in [0.4, 0.5) is 5.82 Å². The Hall–Kier alpha value is -1.52. The van der Waals surface area contributed by atoms with Crippen molar-refractivity contribution in [2.75, 3.05) is 5.73 Å². The van der Waals surface area contributed by atoms with E-state index in [2.05, 4.69) is 15.7 Å². The highest BCUT2D eigenvalue weighted by molar-refractivity contribution is 7.89. The predicted octanol–water partition coefficient (Wildman–Crippen LogP) is 0.175. The maximum atomic E-state index is 12.0. The molecule has 1 aromatic rings. The van der Waals surface area contributed by atoms with Crippen molar-refractivity contribution >= 4 is 15.8 Å². The number of nitrogen functional groups attached to an aromatic ring is 1. The molecule has 0 aromatic carbocycles. The van der Waals surface area contributed by atoms with Crippen LogP contribution in [0, 0.1) is 12.3 Å². The fourth-order valence-corrected chi connectivity index (χ4v) is 2.65. The van der Waals surface area contributed by atoms with Gasteiger partial charge in [-0.1, -0.05) is 0 Å². The van der Waals surface area contributed by atoms with Crippen molar-refractivity contribution in [2.24, 2.45) is 0 Å². The van der Waals surface area contributed by atoms with E-state index in [9.17, 15) is 8.42 Å². The largest absolute Gasteiger partial charge is 0.381 e. The van der Waals surface area contributed by atoms with E-state index < -0.39 is 10.0 Å². The molecule has 0 fully saturated rings. The van der Waals surface area contributed by atoms with E-state index in [1.807, 2.05) is 6.92 Å². The van der Waals surface area contributed by atoms with E-state index in [0.717, 1.165) is 0 Å². The molecule has 0 radical (unpaired) electrons. The first-order valence-electron chi connectivity index (χ1n) is 5.19. The number of nitrogens with one attached hydrogen (secondary N) is 1. The first kappa shape index (κ1) is 13.5. The Morgan fingerprint density at radius 2 is 2.35 bits per heavy atom. The average molecular weight is 256 g/mol. The topological polar surface area (TPSA) is 90.0 Å². The summed E-state index contributed by atoms with van der Waals surface area (Å²) in [7, 11) is -3.66. The summed E-state index contributed by atoms with van der Waals surface area (Å²) in [6, 6.07) is -0.339.